The van der Waals surface area contributed by atoms with Gasteiger partial charge in [-0.15, -0.1) is 0 Å². The molecular formula is C19H15F3N6O3. The number of halogens is 3. The van der Waals surface area contributed by atoms with Gasteiger partial charge < -0.3 is 10.2 Å². The van der Waals surface area contributed by atoms with Gasteiger partial charge in [-0.1, -0.05) is 6.07 Å². The molecule has 12 heteroatoms. The van der Waals surface area contributed by atoms with Crippen molar-refractivity contribution in [1.82, 2.24) is 29.5 Å². The zero-order valence-corrected chi connectivity index (χ0v) is 16.2. The van der Waals surface area contributed by atoms with Crippen molar-refractivity contribution in [2.75, 3.05) is 0 Å². The number of aromatic carboxylic acids is 1. The zero-order chi connectivity index (χ0) is 22.5. The molecule has 0 fully saturated rings. The molecular weight excluding hydrogens is 417 g/mol. The van der Waals surface area contributed by atoms with E-state index < -0.39 is 29.6 Å². The normalized spacial score (nSPS) is 12.9. The van der Waals surface area contributed by atoms with E-state index in [-0.39, 0.29) is 22.5 Å². The van der Waals surface area contributed by atoms with E-state index in [0.29, 0.717) is 11.1 Å². The third kappa shape index (κ3) is 3.56. The van der Waals surface area contributed by atoms with Crippen molar-refractivity contribution in [3.8, 4) is 11.8 Å². The van der Waals surface area contributed by atoms with Crippen molar-refractivity contribution in [3.63, 3.8) is 0 Å². The first kappa shape index (κ1) is 20.3. The van der Waals surface area contributed by atoms with Crippen LogP contribution in [0.15, 0.2) is 36.8 Å². The lowest BCUT2D eigenvalue weighted by molar-refractivity contribution is -0.137. The van der Waals surface area contributed by atoms with Gasteiger partial charge in [-0.25, -0.2) is 14.5 Å². The summed E-state index contributed by atoms with van der Waals surface area (Å²) >= 11 is 0. The van der Waals surface area contributed by atoms with Crippen molar-refractivity contribution in [2.45, 2.75) is 26.1 Å². The number of hydrogen-bond donors (Lipinski definition) is 2. The number of benzene rings is 1. The van der Waals surface area contributed by atoms with E-state index in [1.807, 2.05) is 0 Å². The molecule has 3 heterocycles. The van der Waals surface area contributed by atoms with Crippen LogP contribution in [0.1, 0.15) is 40.0 Å². The number of carboxylic acid groups (broad SMARTS) is 1. The molecule has 1 atom stereocenters. The van der Waals surface area contributed by atoms with Crippen LogP contribution in [0.2, 0.25) is 0 Å². The Bertz CT molecular complexity index is 1310. The minimum atomic E-state index is -4.49. The molecule has 160 valence electrons. The fourth-order valence-electron chi connectivity index (χ4n) is 3.27. The van der Waals surface area contributed by atoms with E-state index in [4.69, 9.17) is 5.11 Å². The number of hydrogen-bond acceptors (Lipinski definition) is 6. The Kier molecular flexibility index (Phi) is 4.64. The number of alkyl halides is 3. The van der Waals surface area contributed by atoms with Gasteiger partial charge in [-0.2, -0.15) is 28.4 Å². The fourth-order valence-corrected chi connectivity index (χ4v) is 3.27. The van der Waals surface area contributed by atoms with E-state index in [1.54, 1.807) is 13.8 Å². The highest BCUT2D eigenvalue weighted by Crippen LogP contribution is 2.34. The predicted molar refractivity (Wildman–Crippen MR) is 101 cm³/mol. The molecule has 2 N–H and O–H groups in total. The lowest BCUT2D eigenvalue weighted by Gasteiger charge is -2.18. The Morgan fingerprint density at radius 3 is 2.55 bits per heavy atom. The highest BCUT2D eigenvalue weighted by atomic mass is 19.4. The molecule has 0 aliphatic carbocycles. The zero-order valence-electron chi connectivity index (χ0n) is 16.2. The van der Waals surface area contributed by atoms with Gasteiger partial charge in [0.05, 0.1) is 29.6 Å². The molecule has 3 aromatic heterocycles. The molecule has 0 spiro atoms. The van der Waals surface area contributed by atoms with E-state index in [9.17, 15) is 23.1 Å². The Balaban J connectivity index is 1.78. The molecule has 0 amide bonds. The molecule has 0 radical (unpaired) electrons. The van der Waals surface area contributed by atoms with Crippen LogP contribution in [0.5, 0.6) is 5.88 Å². The van der Waals surface area contributed by atoms with Gasteiger partial charge in [-0.3, -0.25) is 4.68 Å². The van der Waals surface area contributed by atoms with Crippen LogP contribution in [0, 0.1) is 6.92 Å². The molecule has 31 heavy (non-hydrogen) atoms. The average molecular weight is 432 g/mol. The minimum Gasteiger partial charge on any atom is -0.492 e. The van der Waals surface area contributed by atoms with Crippen LogP contribution < -0.4 is 0 Å². The summed E-state index contributed by atoms with van der Waals surface area (Å²) in [4.78, 5) is 19.2. The molecule has 1 aromatic carbocycles. The Hall–Kier alpha value is -3.96. The van der Waals surface area contributed by atoms with Gasteiger partial charge >= 0.3 is 12.1 Å². The van der Waals surface area contributed by atoms with Crippen molar-refractivity contribution in [3.05, 3.63) is 59.0 Å². The highest BCUT2D eigenvalue weighted by molar-refractivity contribution is 5.87. The molecule has 4 rings (SSSR count). The molecule has 0 unspecified atom stereocenters. The monoisotopic (exact) mass is 432 g/mol. The SMILES string of the molecule is Cc1ccc(C(F)(F)F)cc1[C@@H](C)n1ncc2nc(-n3cc(C(=O)O)cn3)nc(O)c21. The Morgan fingerprint density at radius 2 is 1.90 bits per heavy atom. The number of nitrogens with zero attached hydrogens (tertiary/aromatic N) is 6. The lowest BCUT2D eigenvalue weighted by Crippen LogP contribution is -2.13. The maximum atomic E-state index is 13.2. The maximum Gasteiger partial charge on any atom is 0.416 e. The number of fused-ring (bicyclic) bond motifs is 1. The van der Waals surface area contributed by atoms with Crippen LogP contribution in [0.4, 0.5) is 13.2 Å². The lowest BCUT2D eigenvalue weighted by atomic mass is 9.99. The summed E-state index contributed by atoms with van der Waals surface area (Å²) in [5.74, 6) is -1.74. The van der Waals surface area contributed by atoms with Gasteiger partial charge in [0, 0.05) is 6.20 Å². The second-order valence-corrected chi connectivity index (χ2v) is 6.89. The second kappa shape index (κ2) is 7.07. The summed E-state index contributed by atoms with van der Waals surface area (Å²) < 4.78 is 41.9. The van der Waals surface area contributed by atoms with E-state index in [0.717, 1.165) is 23.0 Å². The van der Waals surface area contributed by atoms with Gasteiger partial charge in [0.25, 0.3) is 5.95 Å². The molecule has 0 saturated heterocycles. The average Bonchev–Trinajstić information content (AvgIpc) is 3.34. The second-order valence-electron chi connectivity index (χ2n) is 6.89. The maximum absolute atomic E-state index is 13.2. The van der Waals surface area contributed by atoms with Gasteiger partial charge in [0.15, 0.2) is 0 Å². The molecule has 9 nitrogen and oxygen atoms in total. The largest absolute Gasteiger partial charge is 0.492 e. The third-order valence-corrected chi connectivity index (χ3v) is 4.87. The fraction of sp³-hybridized carbons (Fsp3) is 0.211. The van der Waals surface area contributed by atoms with Crippen molar-refractivity contribution < 1.29 is 28.2 Å². The standard InChI is InChI=1S/C19H15F3N6O3/c1-9-3-4-12(19(20,21)22)5-13(9)10(2)28-15-14(7-24-28)25-18(26-16(15)29)27-8-11(6-23-27)17(30)31/h3-8,10H,1-2H3,(H,30,31)(H,25,26,29)/t10-/m1/s1. The number of rotatable bonds is 4. The first-order chi connectivity index (χ1) is 14.6. The van der Waals surface area contributed by atoms with Crippen LogP contribution in [0.3, 0.4) is 0 Å². The number of aryl methyl sites for hydroxylation is 1. The number of carboxylic acids is 1. The van der Waals surface area contributed by atoms with Crippen molar-refractivity contribution >= 4 is 17.0 Å². The van der Waals surface area contributed by atoms with Crippen LogP contribution >= 0.6 is 0 Å². The molecule has 4 aromatic rings. The quantitative estimate of drug-likeness (QED) is 0.508. The summed E-state index contributed by atoms with van der Waals surface area (Å²) in [6.07, 6.45) is -0.870. The minimum absolute atomic E-state index is 0.0834. The highest BCUT2D eigenvalue weighted by Gasteiger charge is 2.31. The number of carbonyl (C=O) groups is 1. The molecule has 0 bridgehead atoms. The Labute approximate surface area is 172 Å². The first-order valence-corrected chi connectivity index (χ1v) is 8.96. The number of aromatic nitrogens is 6. The smallest absolute Gasteiger partial charge is 0.416 e. The number of aromatic hydroxyl groups is 1. The first-order valence-electron chi connectivity index (χ1n) is 8.96. The van der Waals surface area contributed by atoms with Crippen LogP contribution in [0.25, 0.3) is 17.0 Å². The van der Waals surface area contributed by atoms with Crippen molar-refractivity contribution in [2.24, 2.45) is 0 Å². The molecule has 0 saturated carbocycles. The summed E-state index contributed by atoms with van der Waals surface area (Å²) in [6, 6.07) is 2.78. The van der Waals surface area contributed by atoms with Gasteiger partial charge in [0.1, 0.15) is 11.0 Å². The van der Waals surface area contributed by atoms with E-state index >= 15 is 0 Å². The third-order valence-electron chi connectivity index (χ3n) is 4.87. The molecule has 0 aliphatic rings. The van der Waals surface area contributed by atoms with Crippen LogP contribution in [-0.4, -0.2) is 45.7 Å². The summed E-state index contributed by atoms with van der Waals surface area (Å²) in [6.45, 7) is 3.33. The van der Waals surface area contributed by atoms with Crippen molar-refractivity contribution in [1.29, 1.82) is 0 Å². The summed E-state index contributed by atoms with van der Waals surface area (Å²) in [7, 11) is 0. The topological polar surface area (TPSA) is 119 Å². The van der Waals surface area contributed by atoms with E-state index in [1.165, 1.54) is 23.1 Å². The summed E-state index contributed by atoms with van der Waals surface area (Å²) in [5.41, 5.74) is 0.463. The van der Waals surface area contributed by atoms with Crippen LogP contribution in [-0.2, 0) is 6.18 Å². The summed E-state index contributed by atoms with van der Waals surface area (Å²) in [5, 5.41) is 27.5. The predicted octanol–water partition coefficient (Wildman–Crippen LogP) is 3.35. The van der Waals surface area contributed by atoms with E-state index in [2.05, 4.69) is 20.2 Å². The molecule has 0 aliphatic heterocycles. The Morgan fingerprint density at radius 1 is 1.16 bits per heavy atom. The van der Waals surface area contributed by atoms with Gasteiger partial charge in [-0.05, 0) is 37.1 Å². The van der Waals surface area contributed by atoms with Gasteiger partial charge in [0.2, 0.25) is 5.88 Å².